The number of aliphatic hydroxyl groups is 1. The third kappa shape index (κ3) is 35.4. The first-order valence-corrected chi connectivity index (χ1v) is 20.9. The zero-order valence-corrected chi connectivity index (χ0v) is 31.2. The van der Waals surface area contributed by atoms with E-state index in [1.807, 2.05) is 0 Å². The summed E-state index contributed by atoms with van der Waals surface area (Å²) in [5.74, 6) is -1.02. The minimum atomic E-state index is -4.36. The van der Waals surface area contributed by atoms with Crippen molar-refractivity contribution in [1.29, 1.82) is 0 Å². The van der Waals surface area contributed by atoms with Crippen molar-refractivity contribution in [2.45, 2.75) is 193 Å². The molecule has 0 aromatic carbocycles. The van der Waals surface area contributed by atoms with Crippen LogP contribution in [0.15, 0.2) is 48.6 Å². The number of rotatable bonds is 34. The highest BCUT2D eigenvalue weighted by atomic mass is 32.2. The lowest BCUT2D eigenvalue weighted by atomic mass is 10.1. The van der Waals surface area contributed by atoms with E-state index in [0.717, 1.165) is 51.4 Å². The van der Waals surface area contributed by atoms with E-state index >= 15 is 0 Å². The Labute approximate surface area is 290 Å². The highest BCUT2D eigenvalue weighted by molar-refractivity contribution is 7.85. The van der Waals surface area contributed by atoms with Gasteiger partial charge in [-0.2, -0.15) is 8.42 Å². The van der Waals surface area contributed by atoms with Crippen molar-refractivity contribution in [2.24, 2.45) is 0 Å². The molecule has 0 saturated heterocycles. The van der Waals surface area contributed by atoms with E-state index in [1.54, 1.807) is 6.08 Å². The third-order valence-corrected chi connectivity index (χ3v) is 9.24. The molecular weight excluding hydrogens is 607 g/mol. The van der Waals surface area contributed by atoms with Crippen molar-refractivity contribution < 1.29 is 22.9 Å². The van der Waals surface area contributed by atoms with Crippen molar-refractivity contribution in [3.05, 3.63) is 48.6 Å². The Kier molecular flexibility index (Phi) is 32.9. The number of hydrogen-bond donors (Lipinski definition) is 3. The van der Waals surface area contributed by atoms with Crippen molar-refractivity contribution in [3.63, 3.8) is 0 Å². The molecule has 0 saturated carbocycles. The molecule has 7 heteroatoms. The molecular formula is C40H73NO5S. The molecule has 0 aliphatic heterocycles. The van der Waals surface area contributed by atoms with E-state index < -0.39 is 28.0 Å². The van der Waals surface area contributed by atoms with Gasteiger partial charge >= 0.3 is 0 Å². The molecule has 0 aromatic rings. The Morgan fingerprint density at radius 1 is 0.553 bits per heavy atom. The third-order valence-electron chi connectivity index (χ3n) is 8.46. The molecule has 0 aromatic heterocycles. The van der Waals surface area contributed by atoms with E-state index in [-0.39, 0.29) is 12.3 Å². The van der Waals surface area contributed by atoms with Crippen LogP contribution in [-0.4, -0.2) is 41.9 Å². The first-order chi connectivity index (χ1) is 22.8. The molecule has 0 aliphatic rings. The lowest BCUT2D eigenvalue weighted by molar-refractivity contribution is -0.122. The van der Waals surface area contributed by atoms with Crippen LogP contribution in [0.2, 0.25) is 0 Å². The summed E-state index contributed by atoms with van der Waals surface area (Å²) in [4.78, 5) is 12.4. The summed E-state index contributed by atoms with van der Waals surface area (Å²) in [6, 6.07) is -1.08. The molecule has 47 heavy (non-hydrogen) atoms. The summed E-state index contributed by atoms with van der Waals surface area (Å²) in [5.41, 5.74) is 0. The largest absolute Gasteiger partial charge is 0.387 e. The molecule has 1 amide bonds. The van der Waals surface area contributed by atoms with Gasteiger partial charge in [0.25, 0.3) is 10.1 Å². The van der Waals surface area contributed by atoms with Gasteiger partial charge in [0, 0.05) is 6.42 Å². The van der Waals surface area contributed by atoms with Crippen LogP contribution in [0.5, 0.6) is 0 Å². The van der Waals surface area contributed by atoms with Gasteiger partial charge in [-0.05, 0) is 70.6 Å². The maximum absolute atomic E-state index is 12.4. The average Bonchev–Trinajstić information content (AvgIpc) is 3.03. The molecule has 2 atom stereocenters. The molecule has 2 unspecified atom stereocenters. The molecule has 274 valence electrons. The number of aliphatic hydroxyl groups excluding tert-OH is 1. The number of amides is 1. The van der Waals surface area contributed by atoms with E-state index in [9.17, 15) is 22.9 Å². The topological polar surface area (TPSA) is 104 Å². The van der Waals surface area contributed by atoms with Crippen molar-refractivity contribution in [3.8, 4) is 0 Å². The first kappa shape index (κ1) is 45.3. The van der Waals surface area contributed by atoms with Crippen LogP contribution < -0.4 is 5.32 Å². The first-order valence-electron chi connectivity index (χ1n) is 19.3. The number of unbranched alkanes of at least 4 members (excludes halogenated alkanes) is 20. The molecule has 0 bridgehead atoms. The fourth-order valence-corrected chi connectivity index (χ4v) is 6.27. The Hall–Kier alpha value is -1.70. The standard InChI is InChI=1S/C40H73NO5S/c1-3-5-7-9-11-13-15-17-18-19-20-21-22-23-24-25-27-29-31-33-35-39(42)38(37-47(44,45)46)41-40(43)36-34-32-30-28-26-16-14-12-10-8-6-4-2/h12,14,21-22,25,27,33,35,38-39,42H,3-11,13,15-20,23-24,26,28-32,34,36-37H2,1-2H3,(H,41,43)(H,44,45,46)/b14-12-,22-21+,27-25+,35-33+. The van der Waals surface area contributed by atoms with Crippen LogP contribution in [0, 0.1) is 0 Å². The van der Waals surface area contributed by atoms with Crippen LogP contribution in [0.25, 0.3) is 0 Å². The summed E-state index contributed by atoms with van der Waals surface area (Å²) in [7, 11) is -4.36. The molecule has 0 radical (unpaired) electrons. The van der Waals surface area contributed by atoms with Crippen LogP contribution in [0.1, 0.15) is 181 Å². The SMILES string of the molecule is CCCCC/C=C\CCCCCCCC(=O)NC(CS(=O)(=O)O)C(O)/C=C/CC/C=C/CC/C=C/CCCCCCCCCCCC. The second-order valence-electron chi connectivity index (χ2n) is 13.2. The quantitative estimate of drug-likeness (QED) is 0.0357. The number of allylic oxidation sites excluding steroid dienone is 7. The molecule has 0 rings (SSSR count). The smallest absolute Gasteiger partial charge is 0.267 e. The Morgan fingerprint density at radius 2 is 0.915 bits per heavy atom. The molecule has 6 nitrogen and oxygen atoms in total. The predicted octanol–water partition coefficient (Wildman–Crippen LogP) is 11.1. The van der Waals surface area contributed by atoms with Gasteiger partial charge in [0.15, 0.2) is 0 Å². The second kappa shape index (κ2) is 34.2. The fraction of sp³-hybridized carbons (Fsp3) is 0.775. The molecule has 3 N–H and O–H groups in total. The summed E-state index contributed by atoms with van der Waals surface area (Å²) in [6.45, 7) is 4.48. The van der Waals surface area contributed by atoms with E-state index in [4.69, 9.17) is 0 Å². The van der Waals surface area contributed by atoms with E-state index in [0.29, 0.717) is 12.8 Å². The van der Waals surface area contributed by atoms with Gasteiger partial charge in [-0.15, -0.1) is 0 Å². The van der Waals surface area contributed by atoms with Crippen LogP contribution >= 0.6 is 0 Å². The van der Waals surface area contributed by atoms with Crippen LogP contribution in [-0.2, 0) is 14.9 Å². The zero-order chi connectivity index (χ0) is 34.7. The summed E-state index contributed by atoms with van der Waals surface area (Å²) in [5, 5.41) is 13.2. The number of carbonyl (C=O) groups excluding carboxylic acids is 1. The van der Waals surface area contributed by atoms with Gasteiger partial charge in [-0.25, -0.2) is 0 Å². The number of nitrogens with one attached hydrogen (secondary N) is 1. The van der Waals surface area contributed by atoms with E-state index in [1.165, 1.54) is 102 Å². The summed E-state index contributed by atoms with van der Waals surface area (Å²) in [6.07, 6.45) is 45.3. The Bertz CT molecular complexity index is 925. The number of carbonyl (C=O) groups is 1. The maximum Gasteiger partial charge on any atom is 0.267 e. The van der Waals surface area contributed by atoms with Crippen molar-refractivity contribution in [1.82, 2.24) is 5.32 Å². The van der Waals surface area contributed by atoms with Crippen molar-refractivity contribution in [2.75, 3.05) is 5.75 Å². The van der Waals surface area contributed by atoms with Gasteiger partial charge in [0.05, 0.1) is 17.9 Å². The molecule has 0 spiro atoms. The van der Waals surface area contributed by atoms with Gasteiger partial charge in [0.2, 0.25) is 5.91 Å². The minimum absolute atomic E-state index is 0.273. The summed E-state index contributed by atoms with van der Waals surface area (Å²) >= 11 is 0. The molecule has 0 aliphatic carbocycles. The molecule has 0 fully saturated rings. The predicted molar refractivity (Wildman–Crippen MR) is 202 cm³/mol. The second-order valence-corrected chi connectivity index (χ2v) is 14.7. The maximum atomic E-state index is 12.4. The van der Waals surface area contributed by atoms with Gasteiger partial charge in [-0.1, -0.05) is 152 Å². The van der Waals surface area contributed by atoms with E-state index in [2.05, 4.69) is 55.6 Å². The average molecular weight is 680 g/mol. The summed E-state index contributed by atoms with van der Waals surface area (Å²) < 4.78 is 32.4. The lowest BCUT2D eigenvalue weighted by Crippen LogP contribution is -2.46. The normalized spacial score (nSPS) is 13.9. The van der Waals surface area contributed by atoms with Crippen LogP contribution in [0.4, 0.5) is 0 Å². The van der Waals surface area contributed by atoms with Crippen LogP contribution in [0.3, 0.4) is 0 Å². The Balaban J connectivity index is 4.04. The highest BCUT2D eigenvalue weighted by Crippen LogP contribution is 2.12. The molecule has 0 heterocycles. The van der Waals surface area contributed by atoms with Crippen molar-refractivity contribution >= 4 is 16.0 Å². The van der Waals surface area contributed by atoms with Gasteiger partial charge < -0.3 is 10.4 Å². The lowest BCUT2D eigenvalue weighted by Gasteiger charge is -2.21. The monoisotopic (exact) mass is 680 g/mol. The minimum Gasteiger partial charge on any atom is -0.387 e. The number of hydrogen-bond acceptors (Lipinski definition) is 4. The fourth-order valence-electron chi connectivity index (χ4n) is 5.53. The Morgan fingerprint density at radius 3 is 1.38 bits per heavy atom. The zero-order valence-electron chi connectivity index (χ0n) is 30.4. The van der Waals surface area contributed by atoms with Gasteiger partial charge in [0.1, 0.15) is 0 Å². The van der Waals surface area contributed by atoms with Gasteiger partial charge in [-0.3, -0.25) is 9.35 Å². The highest BCUT2D eigenvalue weighted by Gasteiger charge is 2.24.